The van der Waals surface area contributed by atoms with Gasteiger partial charge in [0.25, 0.3) is 5.91 Å². The van der Waals surface area contributed by atoms with Crippen LogP contribution in [0.25, 0.3) is 0 Å². The van der Waals surface area contributed by atoms with Crippen LogP contribution in [0, 0.1) is 12.8 Å². The fraction of sp³-hybridized carbons (Fsp3) is 0.375. The van der Waals surface area contributed by atoms with Crippen molar-refractivity contribution in [3.05, 3.63) is 40.4 Å². The van der Waals surface area contributed by atoms with Crippen molar-refractivity contribution in [1.29, 1.82) is 0 Å². The average Bonchev–Trinajstić information content (AvgIpc) is 2.92. The number of nitrogens with one attached hydrogen (secondary N) is 1. The first kappa shape index (κ1) is 15.8. The zero-order valence-corrected chi connectivity index (χ0v) is 13.5. The van der Waals surface area contributed by atoms with Crippen molar-refractivity contribution >= 4 is 33.5 Å². The van der Waals surface area contributed by atoms with Gasteiger partial charge in [0.2, 0.25) is 0 Å². The lowest BCUT2D eigenvalue weighted by molar-refractivity contribution is -0.147. The molecule has 1 N–H and O–H groups in total. The number of amides is 1. The van der Waals surface area contributed by atoms with E-state index in [4.69, 9.17) is 4.74 Å². The summed E-state index contributed by atoms with van der Waals surface area (Å²) in [6, 6.07) is 5.57. The topological polar surface area (TPSA) is 55.4 Å². The van der Waals surface area contributed by atoms with Crippen LogP contribution in [0.5, 0.6) is 0 Å². The third-order valence-corrected chi connectivity index (χ3v) is 3.86. The molecule has 0 unspecified atom stereocenters. The monoisotopic (exact) mass is 351 g/mol. The van der Waals surface area contributed by atoms with Crippen molar-refractivity contribution in [2.24, 2.45) is 5.92 Å². The van der Waals surface area contributed by atoms with Crippen molar-refractivity contribution in [2.75, 3.05) is 11.9 Å². The van der Waals surface area contributed by atoms with E-state index in [1.807, 2.05) is 31.2 Å². The van der Waals surface area contributed by atoms with Crippen molar-refractivity contribution in [3.8, 4) is 0 Å². The van der Waals surface area contributed by atoms with Gasteiger partial charge < -0.3 is 10.1 Å². The fourth-order valence-corrected chi connectivity index (χ4v) is 2.71. The number of carbonyl (C=O) groups excluding carboxylic acids is 2. The molecule has 0 saturated carbocycles. The quantitative estimate of drug-likeness (QED) is 0.651. The largest absolute Gasteiger partial charge is 0.456 e. The van der Waals surface area contributed by atoms with E-state index in [-0.39, 0.29) is 24.4 Å². The van der Waals surface area contributed by atoms with E-state index in [0.29, 0.717) is 6.42 Å². The molecule has 0 fully saturated rings. The SMILES string of the molecule is Cc1cc(Br)ccc1NC(=O)COC(=O)C[C@@H]1C=CCC1. The van der Waals surface area contributed by atoms with Crippen LogP contribution in [0.2, 0.25) is 0 Å². The maximum Gasteiger partial charge on any atom is 0.306 e. The lowest BCUT2D eigenvalue weighted by atomic mass is 10.1. The maximum atomic E-state index is 11.8. The molecule has 112 valence electrons. The molecular formula is C16H18BrNO3. The van der Waals surface area contributed by atoms with Gasteiger partial charge in [-0.15, -0.1) is 0 Å². The summed E-state index contributed by atoms with van der Waals surface area (Å²) >= 11 is 3.37. The summed E-state index contributed by atoms with van der Waals surface area (Å²) in [7, 11) is 0. The van der Waals surface area contributed by atoms with Gasteiger partial charge >= 0.3 is 5.97 Å². The first-order valence-corrected chi connectivity index (χ1v) is 7.72. The summed E-state index contributed by atoms with van der Waals surface area (Å²) in [5.41, 5.74) is 1.66. The highest BCUT2D eigenvalue weighted by Crippen LogP contribution is 2.21. The molecule has 1 aliphatic carbocycles. The molecule has 0 aromatic heterocycles. The number of benzene rings is 1. The lowest BCUT2D eigenvalue weighted by Crippen LogP contribution is -2.22. The zero-order chi connectivity index (χ0) is 15.2. The van der Waals surface area contributed by atoms with E-state index in [0.717, 1.165) is 28.6 Å². The van der Waals surface area contributed by atoms with Gasteiger partial charge in [0.15, 0.2) is 6.61 Å². The normalized spacial score (nSPS) is 16.8. The van der Waals surface area contributed by atoms with Crippen LogP contribution in [0.1, 0.15) is 24.8 Å². The Balaban J connectivity index is 1.76. The van der Waals surface area contributed by atoms with Gasteiger partial charge in [0, 0.05) is 10.2 Å². The molecule has 5 heteroatoms. The van der Waals surface area contributed by atoms with E-state index in [9.17, 15) is 9.59 Å². The molecule has 0 heterocycles. The molecule has 21 heavy (non-hydrogen) atoms. The van der Waals surface area contributed by atoms with Crippen LogP contribution in [-0.4, -0.2) is 18.5 Å². The molecule has 2 rings (SSSR count). The third kappa shape index (κ3) is 5.01. The molecule has 1 amide bonds. The number of allylic oxidation sites excluding steroid dienone is 2. The highest BCUT2D eigenvalue weighted by Gasteiger charge is 2.16. The Hall–Kier alpha value is -1.62. The van der Waals surface area contributed by atoms with Crippen molar-refractivity contribution in [1.82, 2.24) is 0 Å². The Labute approximate surface area is 132 Å². The number of carbonyl (C=O) groups is 2. The highest BCUT2D eigenvalue weighted by atomic mass is 79.9. The van der Waals surface area contributed by atoms with Gasteiger partial charge in [-0.2, -0.15) is 0 Å². The summed E-state index contributed by atoms with van der Waals surface area (Å²) in [5.74, 6) is -0.390. The van der Waals surface area contributed by atoms with Gasteiger partial charge in [-0.3, -0.25) is 9.59 Å². The molecule has 1 atom stereocenters. The average molecular weight is 352 g/mol. The van der Waals surface area contributed by atoms with Crippen LogP contribution >= 0.6 is 15.9 Å². The number of anilines is 1. The maximum absolute atomic E-state index is 11.8. The molecular weight excluding hydrogens is 334 g/mol. The van der Waals surface area contributed by atoms with Crippen LogP contribution in [-0.2, 0) is 14.3 Å². The van der Waals surface area contributed by atoms with E-state index in [1.165, 1.54) is 0 Å². The molecule has 0 bridgehead atoms. The van der Waals surface area contributed by atoms with Crippen LogP contribution in [0.3, 0.4) is 0 Å². The van der Waals surface area contributed by atoms with Gasteiger partial charge in [-0.1, -0.05) is 28.1 Å². The Kier molecular flexibility index (Phi) is 5.56. The molecule has 0 radical (unpaired) electrons. The van der Waals surface area contributed by atoms with E-state index in [1.54, 1.807) is 0 Å². The first-order valence-electron chi connectivity index (χ1n) is 6.93. The molecule has 1 aromatic rings. The summed E-state index contributed by atoms with van der Waals surface area (Å²) in [6.45, 7) is 1.66. The van der Waals surface area contributed by atoms with Crippen molar-refractivity contribution < 1.29 is 14.3 Å². The second-order valence-electron chi connectivity index (χ2n) is 5.14. The summed E-state index contributed by atoms with van der Waals surface area (Å²) < 4.78 is 5.96. The van der Waals surface area contributed by atoms with Crippen molar-refractivity contribution in [2.45, 2.75) is 26.2 Å². The van der Waals surface area contributed by atoms with Crippen molar-refractivity contribution in [3.63, 3.8) is 0 Å². The van der Waals surface area contributed by atoms with Gasteiger partial charge in [-0.05, 0) is 49.4 Å². The molecule has 4 nitrogen and oxygen atoms in total. The second kappa shape index (κ2) is 7.41. The number of ether oxygens (including phenoxy) is 1. The number of hydrogen-bond acceptors (Lipinski definition) is 3. The number of hydrogen-bond donors (Lipinski definition) is 1. The minimum absolute atomic E-state index is 0.245. The standard InChI is InChI=1S/C16H18BrNO3/c1-11-8-13(17)6-7-14(11)18-15(19)10-21-16(20)9-12-4-2-3-5-12/h2,4,6-8,12H,3,5,9-10H2,1H3,(H,18,19)/t12-/m1/s1. The predicted molar refractivity (Wildman–Crippen MR) is 84.9 cm³/mol. The zero-order valence-electron chi connectivity index (χ0n) is 11.9. The third-order valence-electron chi connectivity index (χ3n) is 3.37. The first-order chi connectivity index (χ1) is 10.0. The Morgan fingerprint density at radius 3 is 2.90 bits per heavy atom. The summed E-state index contributed by atoms with van der Waals surface area (Å²) in [4.78, 5) is 23.4. The van der Waals surface area contributed by atoms with Crippen LogP contribution in [0.4, 0.5) is 5.69 Å². The molecule has 0 spiro atoms. The number of halogens is 1. The number of rotatable bonds is 5. The number of esters is 1. The van der Waals surface area contributed by atoms with Gasteiger partial charge in [0.05, 0.1) is 6.42 Å². The molecule has 0 saturated heterocycles. The Morgan fingerprint density at radius 1 is 1.43 bits per heavy atom. The van der Waals surface area contributed by atoms with Gasteiger partial charge in [-0.25, -0.2) is 0 Å². The van der Waals surface area contributed by atoms with E-state index in [2.05, 4.69) is 27.3 Å². The molecule has 0 aliphatic heterocycles. The summed E-state index contributed by atoms with van der Waals surface area (Å²) in [6.07, 6.45) is 6.45. The predicted octanol–water partition coefficient (Wildman–Crippen LogP) is 3.60. The second-order valence-corrected chi connectivity index (χ2v) is 6.05. The Bertz CT molecular complexity index is 569. The van der Waals surface area contributed by atoms with E-state index >= 15 is 0 Å². The highest BCUT2D eigenvalue weighted by molar-refractivity contribution is 9.10. The molecule has 1 aliphatic rings. The van der Waals surface area contributed by atoms with E-state index < -0.39 is 0 Å². The van der Waals surface area contributed by atoms with Crippen LogP contribution in [0.15, 0.2) is 34.8 Å². The van der Waals surface area contributed by atoms with Gasteiger partial charge in [0.1, 0.15) is 0 Å². The minimum Gasteiger partial charge on any atom is -0.456 e. The number of aryl methyl sites for hydroxylation is 1. The molecule has 1 aromatic carbocycles. The lowest BCUT2D eigenvalue weighted by Gasteiger charge is -2.10. The smallest absolute Gasteiger partial charge is 0.306 e. The fourth-order valence-electron chi connectivity index (χ4n) is 2.24. The summed E-state index contributed by atoms with van der Waals surface area (Å²) in [5, 5.41) is 2.74. The Morgan fingerprint density at radius 2 is 2.24 bits per heavy atom. The minimum atomic E-state index is -0.325. The van der Waals surface area contributed by atoms with Crippen LogP contribution < -0.4 is 5.32 Å².